The zero-order valence-electron chi connectivity index (χ0n) is 27.9. The summed E-state index contributed by atoms with van der Waals surface area (Å²) in [5, 5.41) is 2.51. The third-order valence-corrected chi connectivity index (χ3v) is 10.7. The molecule has 0 radical (unpaired) electrons. The van der Waals surface area contributed by atoms with Crippen LogP contribution in [0.2, 0.25) is 0 Å². The van der Waals surface area contributed by atoms with E-state index in [1.165, 1.54) is 0 Å². The Morgan fingerprint density at radius 1 is 0.896 bits per heavy atom. The SMILES string of the molecule is Cc1ccccc1-c1cc2ccc(S(=O)(=O)N[C@H]3CC[C@H](C(=O)N4CCN(OC(=O)OC(C)(C)C)C[C@@H]4c4ccccc4)CC3)cc2[nH]1. The fourth-order valence-electron chi connectivity index (χ4n) is 6.71. The molecule has 4 aromatic rings. The minimum atomic E-state index is -3.77. The van der Waals surface area contributed by atoms with Gasteiger partial charge in [-0.3, -0.25) is 4.79 Å². The highest BCUT2D eigenvalue weighted by molar-refractivity contribution is 7.89. The smallest absolute Gasteiger partial charge is 0.427 e. The van der Waals surface area contributed by atoms with Crippen LogP contribution in [-0.4, -0.2) is 66.7 Å². The standard InChI is InChI=1S/C37H44N4O6S/c1-25-10-8-9-13-31(25)33-22-28-16-19-30(23-32(28)38-33)48(44,45)39-29-17-14-27(15-18-29)35(42)41-21-20-40(47-36(43)46-37(2,3)4)24-34(41)26-11-6-5-7-12-26/h5-13,16,19,22-23,27,29,34,38-39H,14-15,17-18,20-21,24H2,1-4H3/t27-,29-,34-/m1/s1. The lowest BCUT2D eigenvalue weighted by Crippen LogP contribution is -2.53. The molecular weight excluding hydrogens is 628 g/mol. The van der Waals surface area contributed by atoms with E-state index in [1.807, 2.05) is 65.6 Å². The lowest BCUT2D eigenvalue weighted by atomic mass is 9.85. The lowest BCUT2D eigenvalue weighted by molar-refractivity contribution is -0.176. The van der Waals surface area contributed by atoms with Gasteiger partial charge in [0.15, 0.2) is 0 Å². The van der Waals surface area contributed by atoms with Gasteiger partial charge >= 0.3 is 6.16 Å². The Kier molecular flexibility index (Phi) is 9.64. The molecule has 11 heteroatoms. The number of nitrogens with zero attached hydrogens (tertiary/aromatic N) is 2. The van der Waals surface area contributed by atoms with Crippen molar-refractivity contribution in [3.8, 4) is 11.3 Å². The van der Waals surface area contributed by atoms with Gasteiger partial charge in [0, 0.05) is 40.7 Å². The molecule has 1 amide bonds. The van der Waals surface area contributed by atoms with E-state index in [0.29, 0.717) is 45.3 Å². The van der Waals surface area contributed by atoms with Crippen LogP contribution in [0.25, 0.3) is 22.2 Å². The second-order valence-corrected chi connectivity index (χ2v) is 15.5. The molecule has 2 aliphatic rings. The van der Waals surface area contributed by atoms with Crippen LogP contribution in [0.1, 0.15) is 63.6 Å². The molecule has 48 heavy (non-hydrogen) atoms. The predicted octanol–water partition coefficient (Wildman–Crippen LogP) is 6.73. The number of aromatic amines is 1. The van der Waals surface area contributed by atoms with Crippen LogP contribution in [0.15, 0.2) is 83.8 Å². The topological polar surface area (TPSA) is 121 Å². The van der Waals surface area contributed by atoms with Gasteiger partial charge in [-0.05, 0) is 82.7 Å². The summed E-state index contributed by atoms with van der Waals surface area (Å²) >= 11 is 0. The number of fused-ring (bicyclic) bond motifs is 1. The number of nitrogens with one attached hydrogen (secondary N) is 2. The van der Waals surface area contributed by atoms with Gasteiger partial charge in [-0.1, -0.05) is 60.7 Å². The number of aryl methyl sites for hydroxylation is 1. The van der Waals surface area contributed by atoms with E-state index in [-0.39, 0.29) is 28.8 Å². The molecule has 0 unspecified atom stereocenters. The number of piperazine rings is 1. The van der Waals surface area contributed by atoms with Crippen LogP contribution in [0.4, 0.5) is 4.79 Å². The number of hydrogen-bond donors (Lipinski definition) is 2. The summed E-state index contributed by atoms with van der Waals surface area (Å²) in [5.74, 6) is -0.172. The fraction of sp³-hybridized carbons (Fsp3) is 0.405. The normalized spacial score (nSPS) is 20.8. The number of sulfonamides is 1. The zero-order valence-corrected chi connectivity index (χ0v) is 28.8. The number of aromatic nitrogens is 1. The average Bonchev–Trinajstić information content (AvgIpc) is 3.48. The van der Waals surface area contributed by atoms with E-state index in [4.69, 9.17) is 9.57 Å². The first-order valence-electron chi connectivity index (χ1n) is 16.6. The van der Waals surface area contributed by atoms with Crippen molar-refractivity contribution in [2.75, 3.05) is 19.6 Å². The number of H-pyrrole nitrogens is 1. The number of benzene rings is 3. The maximum atomic E-state index is 13.9. The summed E-state index contributed by atoms with van der Waals surface area (Å²) in [4.78, 5) is 37.3. The molecule has 6 rings (SSSR count). The molecule has 2 N–H and O–H groups in total. The molecule has 1 aliphatic carbocycles. The monoisotopic (exact) mass is 672 g/mol. The minimum absolute atomic E-state index is 0.0451. The summed E-state index contributed by atoms with van der Waals surface area (Å²) in [6.45, 7) is 8.46. The van der Waals surface area contributed by atoms with Gasteiger partial charge in [-0.2, -0.15) is 0 Å². The van der Waals surface area contributed by atoms with Crippen molar-refractivity contribution in [1.29, 1.82) is 0 Å². The first-order chi connectivity index (χ1) is 22.9. The van der Waals surface area contributed by atoms with Crippen LogP contribution in [0, 0.1) is 12.8 Å². The second-order valence-electron chi connectivity index (χ2n) is 13.8. The van der Waals surface area contributed by atoms with E-state index in [9.17, 15) is 18.0 Å². The minimum Gasteiger partial charge on any atom is -0.427 e. The van der Waals surface area contributed by atoms with Crippen molar-refractivity contribution in [3.05, 3.63) is 90.0 Å². The van der Waals surface area contributed by atoms with E-state index >= 15 is 0 Å². The van der Waals surface area contributed by atoms with E-state index in [2.05, 4.69) is 22.7 Å². The maximum absolute atomic E-state index is 13.9. The number of carbonyl (C=O) groups is 2. The summed E-state index contributed by atoms with van der Waals surface area (Å²) in [6, 6.07) is 24.4. The number of ether oxygens (including phenoxy) is 1. The van der Waals surface area contributed by atoms with Crippen molar-refractivity contribution in [2.24, 2.45) is 5.92 Å². The Morgan fingerprint density at radius 3 is 2.31 bits per heavy atom. The summed E-state index contributed by atoms with van der Waals surface area (Å²) in [7, 11) is -3.77. The van der Waals surface area contributed by atoms with Crippen LogP contribution in [0.5, 0.6) is 0 Å². The Morgan fingerprint density at radius 2 is 1.60 bits per heavy atom. The quantitative estimate of drug-likeness (QED) is 0.209. The van der Waals surface area contributed by atoms with Gasteiger partial charge in [0.2, 0.25) is 15.9 Å². The Bertz CT molecular complexity index is 1880. The van der Waals surface area contributed by atoms with Gasteiger partial charge in [0.1, 0.15) is 5.60 Å². The first kappa shape index (κ1) is 33.7. The fourth-order valence-corrected chi connectivity index (χ4v) is 8.04. The highest BCUT2D eigenvalue weighted by atomic mass is 32.2. The number of rotatable bonds is 7. The molecule has 254 valence electrons. The van der Waals surface area contributed by atoms with Gasteiger partial charge in [-0.15, -0.1) is 5.06 Å². The third kappa shape index (κ3) is 7.75. The second kappa shape index (κ2) is 13.7. The lowest BCUT2D eigenvalue weighted by Gasteiger charge is -2.42. The molecule has 1 atom stereocenters. The molecule has 0 bridgehead atoms. The molecule has 1 saturated heterocycles. The average molecular weight is 673 g/mol. The largest absolute Gasteiger partial charge is 0.528 e. The van der Waals surface area contributed by atoms with Gasteiger partial charge in [0.05, 0.1) is 24.0 Å². The Balaban J connectivity index is 1.08. The van der Waals surface area contributed by atoms with E-state index < -0.39 is 21.8 Å². The Labute approximate surface area is 282 Å². The molecule has 2 heterocycles. The predicted molar refractivity (Wildman–Crippen MR) is 184 cm³/mol. The Hall–Kier alpha value is -4.19. The molecule has 10 nitrogen and oxygen atoms in total. The molecule has 1 saturated carbocycles. The van der Waals surface area contributed by atoms with E-state index in [1.54, 1.807) is 38.0 Å². The first-order valence-corrected chi connectivity index (χ1v) is 18.1. The molecule has 0 spiro atoms. The third-order valence-electron chi connectivity index (χ3n) is 9.14. The van der Waals surface area contributed by atoms with Crippen LogP contribution in [0.3, 0.4) is 0 Å². The number of hydroxylamine groups is 2. The molecule has 2 fully saturated rings. The summed E-state index contributed by atoms with van der Waals surface area (Å²) < 4.78 is 35.2. The summed E-state index contributed by atoms with van der Waals surface area (Å²) in [6.07, 6.45) is 1.52. The number of amides is 1. The molecule has 1 aromatic heterocycles. The molecule has 3 aromatic carbocycles. The van der Waals surface area contributed by atoms with Crippen molar-refractivity contribution in [2.45, 2.75) is 76.0 Å². The van der Waals surface area contributed by atoms with Crippen molar-refractivity contribution >= 4 is 33.0 Å². The number of hydrogen-bond acceptors (Lipinski definition) is 7. The van der Waals surface area contributed by atoms with Crippen molar-refractivity contribution in [1.82, 2.24) is 19.7 Å². The maximum Gasteiger partial charge on any atom is 0.528 e. The van der Waals surface area contributed by atoms with Crippen LogP contribution in [-0.2, 0) is 24.4 Å². The highest BCUT2D eigenvalue weighted by Gasteiger charge is 2.38. The summed E-state index contributed by atoms with van der Waals surface area (Å²) in [5.41, 5.74) is 4.19. The van der Waals surface area contributed by atoms with Crippen LogP contribution < -0.4 is 4.72 Å². The number of carbonyl (C=O) groups excluding carboxylic acids is 2. The molecular formula is C37H44N4O6S. The zero-order chi connectivity index (χ0) is 34.1. The molecule has 1 aliphatic heterocycles. The van der Waals surface area contributed by atoms with Crippen molar-refractivity contribution in [3.63, 3.8) is 0 Å². The van der Waals surface area contributed by atoms with Gasteiger partial charge < -0.3 is 19.5 Å². The van der Waals surface area contributed by atoms with Gasteiger partial charge in [-0.25, -0.2) is 17.9 Å². The van der Waals surface area contributed by atoms with Gasteiger partial charge in [0.25, 0.3) is 0 Å². The van der Waals surface area contributed by atoms with E-state index in [0.717, 1.165) is 33.3 Å². The van der Waals surface area contributed by atoms with Crippen LogP contribution >= 0.6 is 0 Å². The van der Waals surface area contributed by atoms with Crippen molar-refractivity contribution < 1.29 is 27.6 Å². The highest BCUT2D eigenvalue weighted by Crippen LogP contribution is 2.33.